The molecule has 4 aromatic rings. The highest BCUT2D eigenvalue weighted by atomic mass is 35.5. The first-order valence-electron chi connectivity index (χ1n) is 11.3. The summed E-state index contributed by atoms with van der Waals surface area (Å²) in [6, 6.07) is 20.7. The van der Waals surface area contributed by atoms with Gasteiger partial charge in [-0.25, -0.2) is 0 Å². The van der Waals surface area contributed by atoms with E-state index in [1.54, 1.807) is 4.88 Å². The number of rotatable bonds is 3. The van der Waals surface area contributed by atoms with Gasteiger partial charge < -0.3 is 12.4 Å². The minimum absolute atomic E-state index is 0. The highest BCUT2D eigenvalue weighted by molar-refractivity contribution is 7.09. The summed E-state index contributed by atoms with van der Waals surface area (Å²) in [5.41, 5.74) is 15.7. The van der Waals surface area contributed by atoms with Crippen LogP contribution in [0.4, 0.5) is 0 Å². The molecule has 0 bridgehead atoms. The Morgan fingerprint density at radius 1 is 0.688 bits per heavy atom. The van der Waals surface area contributed by atoms with Crippen molar-refractivity contribution >= 4 is 11.3 Å². The van der Waals surface area contributed by atoms with E-state index in [4.69, 9.17) is 0 Å². The maximum absolute atomic E-state index is 2.51. The van der Waals surface area contributed by atoms with Crippen LogP contribution in [0.25, 0.3) is 27.9 Å². The van der Waals surface area contributed by atoms with E-state index in [2.05, 4.69) is 92.4 Å². The molecule has 3 heteroatoms. The first kappa shape index (κ1) is 22.8. The number of hydrogen-bond donors (Lipinski definition) is 0. The van der Waals surface area contributed by atoms with Crippen LogP contribution in [-0.4, -0.2) is 0 Å². The van der Waals surface area contributed by atoms with Gasteiger partial charge in [-0.2, -0.15) is 4.57 Å². The molecule has 1 aromatic heterocycles. The molecule has 0 unspecified atom stereocenters. The van der Waals surface area contributed by atoms with E-state index < -0.39 is 0 Å². The zero-order chi connectivity index (χ0) is 21.5. The summed E-state index contributed by atoms with van der Waals surface area (Å²) in [6.45, 7) is 8.79. The summed E-state index contributed by atoms with van der Waals surface area (Å²) in [7, 11) is 0. The van der Waals surface area contributed by atoms with E-state index in [1.807, 2.05) is 11.3 Å². The van der Waals surface area contributed by atoms with Gasteiger partial charge in [0.15, 0.2) is 0 Å². The van der Waals surface area contributed by atoms with Crippen LogP contribution in [0.15, 0.2) is 60.1 Å². The summed E-state index contributed by atoms with van der Waals surface area (Å²) in [5, 5.41) is 0. The molecule has 164 valence electrons. The van der Waals surface area contributed by atoms with E-state index in [9.17, 15) is 0 Å². The molecule has 0 radical (unpaired) electrons. The smallest absolute Gasteiger partial charge is 0.231 e. The van der Waals surface area contributed by atoms with Crippen LogP contribution in [0.3, 0.4) is 0 Å². The molecule has 0 atom stereocenters. The second-order valence-electron chi connectivity index (χ2n) is 9.12. The molecule has 1 aliphatic rings. The third-order valence-electron chi connectivity index (χ3n) is 6.32. The highest BCUT2D eigenvalue weighted by Gasteiger charge is 2.29. The summed E-state index contributed by atoms with van der Waals surface area (Å²) in [4.78, 5) is 1.56. The number of thiazole rings is 1. The van der Waals surface area contributed by atoms with Gasteiger partial charge in [0, 0.05) is 6.42 Å². The Labute approximate surface area is 202 Å². The number of halogens is 1. The fraction of sp³-hybridized carbons (Fsp3) is 0.276. The highest BCUT2D eigenvalue weighted by Crippen LogP contribution is 2.36. The van der Waals surface area contributed by atoms with Crippen molar-refractivity contribution in [1.29, 1.82) is 0 Å². The minimum Gasteiger partial charge on any atom is -1.00 e. The van der Waals surface area contributed by atoms with Gasteiger partial charge >= 0.3 is 0 Å². The molecule has 32 heavy (non-hydrogen) atoms. The van der Waals surface area contributed by atoms with E-state index in [0.717, 1.165) is 0 Å². The second kappa shape index (κ2) is 9.21. The van der Waals surface area contributed by atoms with E-state index in [0.29, 0.717) is 0 Å². The standard InChI is InChI=1S/C29H30NS.ClH/c1-19-12-20(2)15-23(14-19)25-8-7-9-26(24-16-21(3)13-22(4)17-24)29(25)30-18-31-28-11-6-5-10-27(28)30;/h7-9,12-18H,5-6,10-11H2,1-4H3;1H/q+1;/p-1. The molecule has 1 nitrogen and oxygen atoms in total. The van der Waals surface area contributed by atoms with Crippen LogP contribution in [0.5, 0.6) is 0 Å². The number of aryl methyl sites for hydroxylation is 5. The Hall–Kier alpha value is -2.42. The summed E-state index contributed by atoms with van der Waals surface area (Å²) in [6.07, 6.45) is 4.99. The van der Waals surface area contributed by atoms with Crippen molar-refractivity contribution < 1.29 is 17.0 Å². The van der Waals surface area contributed by atoms with Crippen molar-refractivity contribution in [3.63, 3.8) is 0 Å². The Balaban J connectivity index is 0.00000245. The van der Waals surface area contributed by atoms with Crippen molar-refractivity contribution in [3.05, 3.63) is 92.9 Å². The average Bonchev–Trinajstić information content (AvgIpc) is 3.15. The van der Waals surface area contributed by atoms with Crippen LogP contribution < -0.4 is 17.0 Å². The lowest BCUT2D eigenvalue weighted by Gasteiger charge is -2.15. The summed E-state index contributed by atoms with van der Waals surface area (Å²) >= 11 is 1.93. The lowest BCUT2D eigenvalue weighted by Crippen LogP contribution is -3.00. The van der Waals surface area contributed by atoms with Crippen LogP contribution in [-0.2, 0) is 12.8 Å². The van der Waals surface area contributed by atoms with Gasteiger partial charge in [-0.15, -0.1) is 0 Å². The zero-order valence-corrected chi connectivity index (χ0v) is 20.9. The van der Waals surface area contributed by atoms with Gasteiger partial charge in [0.1, 0.15) is 0 Å². The molecule has 0 spiro atoms. The van der Waals surface area contributed by atoms with Gasteiger partial charge in [0.25, 0.3) is 0 Å². The molecule has 0 saturated heterocycles. The average molecular weight is 460 g/mol. The van der Waals surface area contributed by atoms with Gasteiger partial charge in [-0.1, -0.05) is 76.1 Å². The number of aromatic nitrogens is 1. The monoisotopic (exact) mass is 459 g/mol. The van der Waals surface area contributed by atoms with Crippen LogP contribution in [0.2, 0.25) is 0 Å². The van der Waals surface area contributed by atoms with E-state index >= 15 is 0 Å². The fourth-order valence-electron chi connectivity index (χ4n) is 5.14. The van der Waals surface area contributed by atoms with Gasteiger partial charge in [0.05, 0.1) is 16.0 Å². The van der Waals surface area contributed by atoms with Crippen molar-refractivity contribution in [2.45, 2.75) is 53.4 Å². The predicted molar refractivity (Wildman–Crippen MR) is 132 cm³/mol. The topological polar surface area (TPSA) is 3.88 Å². The van der Waals surface area contributed by atoms with Gasteiger partial charge in [0.2, 0.25) is 16.9 Å². The molecule has 5 rings (SSSR count). The van der Waals surface area contributed by atoms with Gasteiger partial charge in [-0.3, -0.25) is 0 Å². The Kier molecular flexibility index (Phi) is 6.55. The lowest BCUT2D eigenvalue weighted by atomic mass is 9.92. The zero-order valence-electron chi connectivity index (χ0n) is 19.3. The van der Waals surface area contributed by atoms with Crippen LogP contribution in [0.1, 0.15) is 45.7 Å². The van der Waals surface area contributed by atoms with Crippen molar-refractivity contribution in [2.24, 2.45) is 0 Å². The Morgan fingerprint density at radius 2 is 1.19 bits per heavy atom. The quantitative estimate of drug-likeness (QED) is 0.398. The van der Waals surface area contributed by atoms with E-state index in [1.165, 1.54) is 81.6 Å². The second-order valence-corrected chi connectivity index (χ2v) is 10.1. The summed E-state index contributed by atoms with van der Waals surface area (Å²) in [5.74, 6) is 0. The number of nitrogens with zero attached hydrogens (tertiary/aromatic N) is 1. The molecule has 0 N–H and O–H groups in total. The molecule has 1 aliphatic carbocycles. The van der Waals surface area contributed by atoms with Crippen LogP contribution in [0, 0.1) is 27.7 Å². The fourth-order valence-corrected chi connectivity index (χ4v) is 6.20. The largest absolute Gasteiger partial charge is 1.00 e. The lowest BCUT2D eigenvalue weighted by molar-refractivity contribution is -0.598. The number of para-hydroxylation sites is 1. The number of benzene rings is 3. The van der Waals surface area contributed by atoms with E-state index in [-0.39, 0.29) is 12.4 Å². The normalized spacial score (nSPS) is 12.9. The summed E-state index contributed by atoms with van der Waals surface area (Å²) < 4.78 is 2.51. The maximum atomic E-state index is 2.51. The van der Waals surface area contributed by atoms with Crippen molar-refractivity contribution in [3.8, 4) is 27.9 Å². The molecule has 0 saturated carbocycles. The SMILES string of the molecule is Cc1cc(C)cc(-c2cccc(-c3cc(C)cc(C)c3)c2-[n+]2csc3c2CCCC3)c1.[Cl-]. The third kappa shape index (κ3) is 4.27. The third-order valence-corrected chi connectivity index (χ3v) is 7.36. The number of hydrogen-bond acceptors (Lipinski definition) is 1. The van der Waals surface area contributed by atoms with Gasteiger partial charge in [-0.05, 0) is 70.2 Å². The first-order valence-corrected chi connectivity index (χ1v) is 12.2. The predicted octanol–water partition coefficient (Wildman–Crippen LogP) is 4.48. The molecular weight excluding hydrogens is 430 g/mol. The first-order chi connectivity index (χ1) is 15.0. The van der Waals surface area contributed by atoms with Crippen molar-refractivity contribution in [2.75, 3.05) is 0 Å². The molecule has 0 fully saturated rings. The molecule has 0 aliphatic heterocycles. The van der Waals surface area contributed by atoms with Crippen LogP contribution >= 0.6 is 11.3 Å². The molecule has 3 aromatic carbocycles. The maximum Gasteiger partial charge on any atom is 0.231 e. The molecule has 0 amide bonds. The number of fused-ring (bicyclic) bond motifs is 1. The molecule has 1 heterocycles. The molecular formula is C29H30ClNS. The Bertz CT molecular complexity index is 1170. The van der Waals surface area contributed by atoms with Crippen molar-refractivity contribution in [1.82, 2.24) is 0 Å². The Morgan fingerprint density at radius 3 is 1.72 bits per heavy atom. The minimum atomic E-state index is 0.